The van der Waals surface area contributed by atoms with Gasteiger partial charge >= 0.3 is 0 Å². The molecule has 0 radical (unpaired) electrons. The number of pyridine rings is 2. The SMILES string of the molecule is CCCCCNC(=O)c1nc(C(=O)NCc2cccnc2)n2ccccc12. The number of nitrogens with zero attached hydrogens (tertiary/aromatic N) is 3. The molecule has 0 bridgehead atoms. The predicted molar refractivity (Wildman–Crippen MR) is 102 cm³/mol. The minimum atomic E-state index is -0.343. The van der Waals surface area contributed by atoms with Gasteiger partial charge in [-0.05, 0) is 30.2 Å². The summed E-state index contributed by atoms with van der Waals surface area (Å²) in [5.74, 6) is -0.417. The third kappa shape index (κ3) is 4.49. The highest BCUT2D eigenvalue weighted by molar-refractivity contribution is 6.02. The van der Waals surface area contributed by atoms with E-state index >= 15 is 0 Å². The highest BCUT2D eigenvalue weighted by atomic mass is 16.2. The molecule has 0 saturated heterocycles. The lowest BCUT2D eigenvalue weighted by Gasteiger charge is -2.04. The molecule has 0 aliphatic heterocycles. The van der Waals surface area contributed by atoms with E-state index in [0.717, 1.165) is 24.8 Å². The number of hydrogen-bond donors (Lipinski definition) is 2. The zero-order valence-electron chi connectivity index (χ0n) is 15.3. The predicted octanol–water partition coefficient (Wildman–Crippen LogP) is 2.58. The van der Waals surface area contributed by atoms with Crippen molar-refractivity contribution in [2.45, 2.75) is 32.7 Å². The minimum absolute atomic E-state index is 0.188. The van der Waals surface area contributed by atoms with E-state index in [1.54, 1.807) is 35.1 Å². The van der Waals surface area contributed by atoms with E-state index < -0.39 is 0 Å². The highest BCUT2D eigenvalue weighted by Gasteiger charge is 2.21. The molecule has 7 heteroatoms. The Bertz CT molecular complexity index is 921. The van der Waals surface area contributed by atoms with Crippen LogP contribution in [0.2, 0.25) is 0 Å². The standard InChI is InChI=1S/C20H23N5O2/c1-2-3-5-11-22-19(26)17-16-9-4-6-12-25(16)18(24-17)20(27)23-14-15-8-7-10-21-13-15/h4,6-10,12-13H,2-3,5,11,14H2,1H3,(H,22,26)(H,23,27). The van der Waals surface area contributed by atoms with Crippen LogP contribution < -0.4 is 10.6 Å². The summed E-state index contributed by atoms with van der Waals surface area (Å²) in [6.45, 7) is 3.05. The summed E-state index contributed by atoms with van der Waals surface area (Å²) in [6.07, 6.45) is 8.18. The number of imidazole rings is 1. The van der Waals surface area contributed by atoms with Gasteiger partial charge in [-0.15, -0.1) is 0 Å². The average Bonchev–Trinajstić information content (AvgIpc) is 3.10. The van der Waals surface area contributed by atoms with Crippen LogP contribution in [-0.2, 0) is 6.54 Å². The topological polar surface area (TPSA) is 88.4 Å². The first-order chi connectivity index (χ1) is 13.2. The first kappa shape index (κ1) is 18.6. The van der Waals surface area contributed by atoms with Gasteiger partial charge in [-0.2, -0.15) is 0 Å². The van der Waals surface area contributed by atoms with Gasteiger partial charge in [0.25, 0.3) is 11.8 Å². The van der Waals surface area contributed by atoms with Gasteiger partial charge in [0, 0.05) is 31.7 Å². The number of carbonyl (C=O) groups is 2. The average molecular weight is 365 g/mol. The number of fused-ring (bicyclic) bond motifs is 1. The van der Waals surface area contributed by atoms with Gasteiger partial charge in [0.2, 0.25) is 5.82 Å². The first-order valence-corrected chi connectivity index (χ1v) is 9.13. The van der Waals surface area contributed by atoms with Crippen LogP contribution in [0.3, 0.4) is 0 Å². The number of hydrogen-bond acceptors (Lipinski definition) is 4. The monoisotopic (exact) mass is 365 g/mol. The fraction of sp³-hybridized carbons (Fsp3) is 0.300. The Hall–Kier alpha value is -3.22. The van der Waals surface area contributed by atoms with Crippen molar-refractivity contribution >= 4 is 17.3 Å². The van der Waals surface area contributed by atoms with Crippen molar-refractivity contribution in [3.8, 4) is 0 Å². The molecule has 2 amide bonds. The summed E-state index contributed by atoms with van der Waals surface area (Å²) >= 11 is 0. The van der Waals surface area contributed by atoms with E-state index in [-0.39, 0.29) is 23.3 Å². The van der Waals surface area contributed by atoms with E-state index in [2.05, 4.69) is 27.5 Å². The van der Waals surface area contributed by atoms with Gasteiger partial charge < -0.3 is 10.6 Å². The highest BCUT2D eigenvalue weighted by Crippen LogP contribution is 2.13. The smallest absolute Gasteiger partial charge is 0.287 e. The molecule has 3 aromatic rings. The molecule has 3 heterocycles. The number of nitrogens with one attached hydrogen (secondary N) is 2. The maximum atomic E-state index is 12.6. The van der Waals surface area contributed by atoms with Crippen LogP contribution >= 0.6 is 0 Å². The number of aromatic nitrogens is 3. The van der Waals surface area contributed by atoms with E-state index in [0.29, 0.717) is 18.6 Å². The van der Waals surface area contributed by atoms with E-state index in [9.17, 15) is 9.59 Å². The summed E-state index contributed by atoms with van der Waals surface area (Å²) in [7, 11) is 0. The van der Waals surface area contributed by atoms with Crippen LogP contribution in [0.5, 0.6) is 0 Å². The molecular formula is C20H23N5O2. The van der Waals surface area contributed by atoms with Crippen LogP contribution in [0.1, 0.15) is 52.9 Å². The molecule has 0 spiro atoms. The molecule has 0 unspecified atom stereocenters. The quantitative estimate of drug-likeness (QED) is 0.601. The Labute approximate surface area is 157 Å². The molecule has 0 saturated carbocycles. The zero-order chi connectivity index (χ0) is 19.1. The largest absolute Gasteiger partial charge is 0.351 e. The molecule has 27 heavy (non-hydrogen) atoms. The van der Waals surface area contributed by atoms with Gasteiger partial charge in [-0.25, -0.2) is 4.98 Å². The maximum Gasteiger partial charge on any atom is 0.287 e. The van der Waals surface area contributed by atoms with E-state index in [1.165, 1.54) is 0 Å². The number of rotatable bonds is 8. The molecule has 0 fully saturated rings. The van der Waals surface area contributed by atoms with Crippen LogP contribution in [0.15, 0.2) is 48.9 Å². The molecule has 0 atom stereocenters. The molecule has 0 aliphatic rings. The summed E-state index contributed by atoms with van der Waals surface area (Å²) in [5.41, 5.74) is 1.76. The van der Waals surface area contributed by atoms with Gasteiger partial charge in [0.15, 0.2) is 5.69 Å². The zero-order valence-corrected chi connectivity index (χ0v) is 15.3. The molecular weight excluding hydrogens is 342 g/mol. The third-order valence-corrected chi connectivity index (χ3v) is 4.21. The molecule has 7 nitrogen and oxygen atoms in total. The fourth-order valence-corrected chi connectivity index (χ4v) is 2.79. The van der Waals surface area contributed by atoms with Crippen molar-refractivity contribution in [2.75, 3.05) is 6.54 Å². The molecule has 2 N–H and O–H groups in total. The number of carbonyl (C=O) groups excluding carboxylic acids is 2. The number of unbranched alkanes of at least 4 members (excludes halogenated alkanes) is 2. The summed E-state index contributed by atoms with van der Waals surface area (Å²) in [6, 6.07) is 9.10. The maximum absolute atomic E-state index is 12.6. The van der Waals surface area contributed by atoms with Crippen molar-refractivity contribution in [3.63, 3.8) is 0 Å². The second-order valence-electron chi connectivity index (χ2n) is 6.25. The summed E-state index contributed by atoms with van der Waals surface area (Å²) < 4.78 is 1.64. The lowest BCUT2D eigenvalue weighted by molar-refractivity contribution is 0.0939. The summed E-state index contributed by atoms with van der Waals surface area (Å²) in [5, 5.41) is 5.71. The first-order valence-electron chi connectivity index (χ1n) is 9.13. The number of amides is 2. The third-order valence-electron chi connectivity index (χ3n) is 4.21. The molecule has 3 rings (SSSR count). The lowest BCUT2D eigenvalue weighted by atomic mass is 10.2. The van der Waals surface area contributed by atoms with Crippen molar-refractivity contribution in [1.82, 2.24) is 25.0 Å². The van der Waals surface area contributed by atoms with Crippen molar-refractivity contribution in [3.05, 3.63) is 66.0 Å². The Morgan fingerprint density at radius 1 is 1.07 bits per heavy atom. The fourth-order valence-electron chi connectivity index (χ4n) is 2.79. The van der Waals surface area contributed by atoms with Crippen LogP contribution in [0, 0.1) is 0 Å². The normalized spacial score (nSPS) is 10.7. The van der Waals surface area contributed by atoms with Gasteiger partial charge in [0.05, 0.1) is 5.52 Å². The Morgan fingerprint density at radius 3 is 2.74 bits per heavy atom. The Balaban J connectivity index is 1.77. The molecule has 0 aliphatic carbocycles. The van der Waals surface area contributed by atoms with E-state index in [4.69, 9.17) is 0 Å². The van der Waals surface area contributed by atoms with Crippen LogP contribution in [0.25, 0.3) is 5.52 Å². The van der Waals surface area contributed by atoms with Gasteiger partial charge in [-0.3, -0.25) is 19.0 Å². The van der Waals surface area contributed by atoms with Crippen molar-refractivity contribution in [2.24, 2.45) is 0 Å². The van der Waals surface area contributed by atoms with Crippen molar-refractivity contribution < 1.29 is 9.59 Å². The Morgan fingerprint density at radius 2 is 1.96 bits per heavy atom. The summed E-state index contributed by atoms with van der Waals surface area (Å²) in [4.78, 5) is 33.5. The van der Waals surface area contributed by atoms with Gasteiger partial charge in [0.1, 0.15) is 0 Å². The van der Waals surface area contributed by atoms with Crippen LogP contribution in [0.4, 0.5) is 0 Å². The molecule has 3 aromatic heterocycles. The van der Waals surface area contributed by atoms with Gasteiger partial charge in [-0.1, -0.05) is 31.9 Å². The minimum Gasteiger partial charge on any atom is -0.351 e. The molecule has 0 aromatic carbocycles. The molecule has 140 valence electrons. The lowest BCUT2D eigenvalue weighted by Crippen LogP contribution is -2.26. The van der Waals surface area contributed by atoms with Crippen molar-refractivity contribution in [1.29, 1.82) is 0 Å². The van der Waals surface area contributed by atoms with Crippen LogP contribution in [-0.4, -0.2) is 32.7 Å². The second-order valence-corrected chi connectivity index (χ2v) is 6.25. The van der Waals surface area contributed by atoms with E-state index in [1.807, 2.05) is 18.2 Å². The Kier molecular flexibility index (Phi) is 6.14. The second kappa shape index (κ2) is 8.93.